The second-order valence-electron chi connectivity index (χ2n) is 5.73. The van der Waals surface area contributed by atoms with E-state index in [0.717, 1.165) is 46.9 Å². The first-order chi connectivity index (χ1) is 11.2. The number of nitrogens with one attached hydrogen (secondary N) is 2. The van der Waals surface area contributed by atoms with E-state index in [0.29, 0.717) is 5.56 Å². The van der Waals surface area contributed by atoms with Gasteiger partial charge in [-0.2, -0.15) is 0 Å². The number of aromatic nitrogens is 1. The summed E-state index contributed by atoms with van der Waals surface area (Å²) < 4.78 is 32.7. The van der Waals surface area contributed by atoms with Gasteiger partial charge in [-0.05, 0) is 36.2 Å². The maximum absolute atomic E-state index is 14.2. The summed E-state index contributed by atoms with van der Waals surface area (Å²) in [6.07, 6.45) is 0.849. The lowest BCUT2D eigenvalue weighted by atomic mass is 9.94. The monoisotopic (exact) mass is 314 g/mol. The molecule has 3 aromatic rings. The minimum atomic E-state index is -0.566. The van der Waals surface area contributed by atoms with Crippen LogP contribution in [0.3, 0.4) is 0 Å². The maximum atomic E-state index is 14.2. The fourth-order valence-electron chi connectivity index (χ4n) is 3.34. The Morgan fingerprint density at radius 2 is 2.00 bits per heavy atom. The lowest BCUT2D eigenvalue weighted by molar-refractivity contribution is 0.415. The highest BCUT2D eigenvalue weighted by Crippen LogP contribution is 2.35. The molecular weight excluding hydrogens is 298 g/mol. The Bertz CT molecular complexity index is 888. The van der Waals surface area contributed by atoms with Crippen LogP contribution in [0.2, 0.25) is 0 Å². The molecular formula is C18H16F2N2O. The summed E-state index contributed by atoms with van der Waals surface area (Å²) in [6.45, 7) is 0.735. The molecule has 0 amide bonds. The summed E-state index contributed by atoms with van der Waals surface area (Å²) in [5.41, 5.74) is 3.54. The number of methoxy groups -OCH3 is 1. The standard InChI is InChI=1S/C18H16F2N2O/c1-23-11-3-5-16-14(9-11)12-6-7-21-17(18(12)22-16)13-4-2-10(19)8-15(13)20/h2-5,8-9,17,21-22H,6-7H2,1H3. The van der Waals surface area contributed by atoms with Gasteiger partial charge in [0.05, 0.1) is 13.2 Å². The summed E-state index contributed by atoms with van der Waals surface area (Å²) in [5, 5.41) is 4.41. The zero-order valence-corrected chi connectivity index (χ0v) is 12.6. The van der Waals surface area contributed by atoms with Crippen LogP contribution in [0.25, 0.3) is 10.9 Å². The Balaban J connectivity index is 1.88. The molecule has 1 aromatic heterocycles. The number of ether oxygens (including phenoxy) is 1. The lowest BCUT2D eigenvalue weighted by Gasteiger charge is -2.25. The molecule has 118 valence electrons. The van der Waals surface area contributed by atoms with Crippen molar-refractivity contribution in [3.8, 4) is 5.75 Å². The highest BCUT2D eigenvalue weighted by molar-refractivity contribution is 5.86. The largest absolute Gasteiger partial charge is 0.497 e. The van der Waals surface area contributed by atoms with Crippen molar-refractivity contribution in [1.29, 1.82) is 0 Å². The van der Waals surface area contributed by atoms with Crippen molar-refractivity contribution in [2.75, 3.05) is 13.7 Å². The second-order valence-corrected chi connectivity index (χ2v) is 5.73. The van der Waals surface area contributed by atoms with E-state index < -0.39 is 11.6 Å². The molecule has 1 aliphatic rings. The maximum Gasteiger partial charge on any atom is 0.131 e. The smallest absolute Gasteiger partial charge is 0.131 e. The summed E-state index contributed by atoms with van der Waals surface area (Å²) in [6, 6.07) is 9.27. The Morgan fingerprint density at radius 3 is 2.78 bits per heavy atom. The molecule has 4 rings (SSSR count). The molecule has 5 heteroatoms. The van der Waals surface area contributed by atoms with E-state index in [1.54, 1.807) is 7.11 Å². The first kappa shape index (κ1) is 14.2. The fraction of sp³-hybridized carbons (Fsp3) is 0.222. The van der Waals surface area contributed by atoms with E-state index in [-0.39, 0.29) is 6.04 Å². The van der Waals surface area contributed by atoms with Crippen LogP contribution in [-0.4, -0.2) is 18.6 Å². The van der Waals surface area contributed by atoms with E-state index >= 15 is 0 Å². The Labute approximate surface area is 132 Å². The number of benzene rings is 2. The zero-order valence-electron chi connectivity index (χ0n) is 12.6. The van der Waals surface area contributed by atoms with Crippen LogP contribution in [0.15, 0.2) is 36.4 Å². The fourth-order valence-corrected chi connectivity index (χ4v) is 3.34. The molecule has 0 aliphatic carbocycles. The minimum Gasteiger partial charge on any atom is -0.497 e. The highest BCUT2D eigenvalue weighted by Gasteiger charge is 2.27. The minimum absolute atomic E-state index is 0.308. The highest BCUT2D eigenvalue weighted by atomic mass is 19.1. The van der Waals surface area contributed by atoms with Gasteiger partial charge in [0.15, 0.2) is 0 Å². The van der Waals surface area contributed by atoms with Crippen LogP contribution >= 0.6 is 0 Å². The molecule has 0 radical (unpaired) electrons. The normalized spacial score (nSPS) is 17.3. The molecule has 1 atom stereocenters. The average Bonchev–Trinajstić information content (AvgIpc) is 2.93. The van der Waals surface area contributed by atoms with Crippen molar-refractivity contribution < 1.29 is 13.5 Å². The third-order valence-corrected chi connectivity index (χ3v) is 4.43. The van der Waals surface area contributed by atoms with Gasteiger partial charge < -0.3 is 15.0 Å². The van der Waals surface area contributed by atoms with Crippen LogP contribution in [0.5, 0.6) is 5.75 Å². The van der Waals surface area contributed by atoms with Crippen LogP contribution in [-0.2, 0) is 6.42 Å². The van der Waals surface area contributed by atoms with E-state index in [9.17, 15) is 8.78 Å². The number of aromatic amines is 1. The summed E-state index contributed by atoms with van der Waals surface area (Å²) >= 11 is 0. The number of hydrogen-bond donors (Lipinski definition) is 2. The first-order valence-electron chi connectivity index (χ1n) is 7.54. The molecule has 2 N–H and O–H groups in total. The van der Waals surface area contributed by atoms with Gasteiger partial charge in [0, 0.05) is 34.8 Å². The topological polar surface area (TPSA) is 37.0 Å². The zero-order chi connectivity index (χ0) is 16.0. The van der Waals surface area contributed by atoms with Gasteiger partial charge in [0.25, 0.3) is 0 Å². The number of H-pyrrole nitrogens is 1. The van der Waals surface area contributed by atoms with Gasteiger partial charge in [0.2, 0.25) is 0 Å². The van der Waals surface area contributed by atoms with E-state index in [2.05, 4.69) is 10.3 Å². The van der Waals surface area contributed by atoms with E-state index in [1.165, 1.54) is 12.1 Å². The SMILES string of the molecule is COc1ccc2[nH]c3c(c2c1)CCNC3c1ccc(F)cc1F. The number of rotatable bonds is 2. The van der Waals surface area contributed by atoms with Gasteiger partial charge in [-0.25, -0.2) is 8.78 Å². The van der Waals surface area contributed by atoms with Crippen LogP contribution in [0.1, 0.15) is 22.9 Å². The van der Waals surface area contributed by atoms with Crippen molar-refractivity contribution in [2.24, 2.45) is 0 Å². The molecule has 0 bridgehead atoms. The Kier molecular flexibility index (Phi) is 3.31. The summed E-state index contributed by atoms with van der Waals surface area (Å²) in [5.74, 6) is -0.308. The molecule has 23 heavy (non-hydrogen) atoms. The van der Waals surface area contributed by atoms with Gasteiger partial charge >= 0.3 is 0 Å². The summed E-state index contributed by atoms with van der Waals surface area (Å²) in [7, 11) is 1.64. The molecule has 3 nitrogen and oxygen atoms in total. The number of hydrogen-bond acceptors (Lipinski definition) is 2. The van der Waals surface area contributed by atoms with Crippen molar-refractivity contribution >= 4 is 10.9 Å². The quantitative estimate of drug-likeness (QED) is 0.757. The predicted molar refractivity (Wildman–Crippen MR) is 84.8 cm³/mol. The third kappa shape index (κ3) is 2.28. The van der Waals surface area contributed by atoms with Crippen LogP contribution in [0, 0.1) is 11.6 Å². The number of fused-ring (bicyclic) bond motifs is 3. The van der Waals surface area contributed by atoms with Gasteiger partial charge in [-0.15, -0.1) is 0 Å². The van der Waals surface area contributed by atoms with Crippen LogP contribution in [0.4, 0.5) is 8.78 Å². The summed E-state index contributed by atoms with van der Waals surface area (Å²) in [4.78, 5) is 3.38. The molecule has 0 fully saturated rings. The van der Waals surface area contributed by atoms with Crippen molar-refractivity contribution in [2.45, 2.75) is 12.5 Å². The van der Waals surface area contributed by atoms with Crippen molar-refractivity contribution in [1.82, 2.24) is 10.3 Å². The molecule has 0 spiro atoms. The van der Waals surface area contributed by atoms with Crippen LogP contribution < -0.4 is 10.1 Å². The second kappa shape index (κ2) is 5.35. The van der Waals surface area contributed by atoms with Gasteiger partial charge in [0.1, 0.15) is 17.4 Å². The molecule has 0 saturated carbocycles. The first-order valence-corrected chi connectivity index (χ1v) is 7.54. The van der Waals surface area contributed by atoms with E-state index in [4.69, 9.17) is 4.74 Å². The van der Waals surface area contributed by atoms with Gasteiger partial charge in [-0.3, -0.25) is 0 Å². The Morgan fingerprint density at radius 1 is 1.13 bits per heavy atom. The molecule has 2 aromatic carbocycles. The Hall–Kier alpha value is -2.40. The van der Waals surface area contributed by atoms with E-state index in [1.807, 2.05) is 18.2 Å². The van der Waals surface area contributed by atoms with Gasteiger partial charge in [-0.1, -0.05) is 6.07 Å². The molecule has 2 heterocycles. The molecule has 0 saturated heterocycles. The van der Waals surface area contributed by atoms with Crippen molar-refractivity contribution in [3.05, 3.63) is 64.9 Å². The number of halogens is 2. The average molecular weight is 314 g/mol. The predicted octanol–water partition coefficient (Wildman–Crippen LogP) is 3.69. The van der Waals surface area contributed by atoms with Crippen molar-refractivity contribution in [3.63, 3.8) is 0 Å². The molecule has 1 unspecified atom stereocenters. The third-order valence-electron chi connectivity index (χ3n) is 4.43. The lowest BCUT2D eigenvalue weighted by Crippen LogP contribution is -2.31. The molecule has 1 aliphatic heterocycles.